The maximum atomic E-state index is 12.4. The molecule has 184 valence electrons. The molecule has 5 nitrogen and oxygen atoms in total. The minimum absolute atomic E-state index is 0.0643. The first kappa shape index (κ1) is 28.7. The largest absolute Gasteiger partial charge is 0.445 e. The lowest BCUT2D eigenvalue weighted by atomic mass is 10.0. The predicted molar refractivity (Wildman–Crippen MR) is 135 cm³/mol. The van der Waals surface area contributed by atoms with Gasteiger partial charge in [0, 0.05) is 0 Å². The van der Waals surface area contributed by atoms with Gasteiger partial charge in [0.1, 0.15) is 6.61 Å². The van der Waals surface area contributed by atoms with Gasteiger partial charge in [0.05, 0.1) is 18.8 Å². The Morgan fingerprint density at radius 1 is 1.03 bits per heavy atom. The first-order chi connectivity index (χ1) is 15.1. The second-order valence-corrected chi connectivity index (χ2v) is 15.2. The summed E-state index contributed by atoms with van der Waals surface area (Å²) in [5.41, 5.74) is 0.931. The van der Waals surface area contributed by atoms with Crippen LogP contribution in [0.3, 0.4) is 0 Å². The molecule has 0 heterocycles. The molecule has 32 heavy (non-hydrogen) atoms. The van der Waals surface area contributed by atoms with E-state index >= 15 is 0 Å². The maximum absolute atomic E-state index is 12.4. The maximum Gasteiger partial charge on any atom is 0.407 e. The summed E-state index contributed by atoms with van der Waals surface area (Å²) in [4.78, 5) is 12.4. The topological polar surface area (TPSA) is 67.8 Å². The Morgan fingerprint density at radius 3 is 2.22 bits per heavy atom. The number of carbonyl (C=O) groups is 1. The SMILES string of the molecule is CCCCCCCCC[C@H](O)[C@@H](CO[Si](C)(C)C(C)(C)C)NC(=O)OCc1ccccc1. The lowest BCUT2D eigenvalue weighted by molar-refractivity contribution is 0.0722. The Hall–Kier alpha value is -1.37. The fraction of sp³-hybridized carbons (Fsp3) is 0.731. The molecule has 0 unspecified atom stereocenters. The van der Waals surface area contributed by atoms with Crippen LogP contribution >= 0.6 is 0 Å². The molecule has 0 saturated carbocycles. The molecule has 1 rings (SSSR count). The number of alkyl carbamates (subject to hydrolysis) is 1. The van der Waals surface area contributed by atoms with E-state index in [1.165, 1.54) is 32.1 Å². The quantitative estimate of drug-likeness (QED) is 0.221. The molecule has 1 aromatic carbocycles. The highest BCUT2D eigenvalue weighted by molar-refractivity contribution is 6.74. The van der Waals surface area contributed by atoms with Crippen molar-refractivity contribution in [2.24, 2.45) is 0 Å². The van der Waals surface area contributed by atoms with Crippen LogP contribution in [0.25, 0.3) is 0 Å². The van der Waals surface area contributed by atoms with Gasteiger partial charge in [-0.3, -0.25) is 0 Å². The summed E-state index contributed by atoms with van der Waals surface area (Å²) in [5, 5.41) is 13.8. The summed E-state index contributed by atoms with van der Waals surface area (Å²) in [5.74, 6) is 0. The number of carbonyl (C=O) groups excluding carboxylic acids is 1. The van der Waals surface area contributed by atoms with Gasteiger partial charge in [0.25, 0.3) is 0 Å². The molecular formula is C26H47NO4Si. The third-order valence-electron chi connectivity index (χ3n) is 6.51. The highest BCUT2D eigenvalue weighted by atomic mass is 28.4. The zero-order valence-electron chi connectivity index (χ0n) is 21.3. The Balaban J connectivity index is 2.59. The molecule has 1 amide bonds. The molecule has 6 heteroatoms. The van der Waals surface area contributed by atoms with Crippen molar-refractivity contribution in [3.63, 3.8) is 0 Å². The van der Waals surface area contributed by atoms with Gasteiger partial charge in [0.2, 0.25) is 0 Å². The number of hydrogen-bond acceptors (Lipinski definition) is 4. The number of amides is 1. The number of aliphatic hydroxyl groups excluding tert-OH is 1. The average Bonchev–Trinajstić information content (AvgIpc) is 2.74. The van der Waals surface area contributed by atoms with Crippen LogP contribution in [0.2, 0.25) is 18.1 Å². The second kappa shape index (κ2) is 14.7. The predicted octanol–water partition coefficient (Wildman–Crippen LogP) is 6.80. The minimum atomic E-state index is -2.00. The Morgan fingerprint density at radius 2 is 1.62 bits per heavy atom. The van der Waals surface area contributed by atoms with Gasteiger partial charge < -0.3 is 19.6 Å². The van der Waals surface area contributed by atoms with E-state index in [2.05, 4.69) is 46.1 Å². The third-order valence-corrected chi connectivity index (χ3v) is 11.0. The van der Waals surface area contributed by atoms with Crippen LogP contribution in [-0.4, -0.2) is 38.3 Å². The highest BCUT2D eigenvalue weighted by Crippen LogP contribution is 2.36. The van der Waals surface area contributed by atoms with E-state index in [-0.39, 0.29) is 11.6 Å². The van der Waals surface area contributed by atoms with E-state index in [0.29, 0.717) is 13.0 Å². The Bertz CT molecular complexity index is 630. The fourth-order valence-corrected chi connectivity index (χ4v) is 4.22. The molecule has 0 fully saturated rings. The van der Waals surface area contributed by atoms with Crippen molar-refractivity contribution >= 4 is 14.4 Å². The first-order valence-corrected chi connectivity index (χ1v) is 15.3. The van der Waals surface area contributed by atoms with E-state index in [0.717, 1.165) is 18.4 Å². The van der Waals surface area contributed by atoms with Crippen LogP contribution in [0, 0.1) is 0 Å². The van der Waals surface area contributed by atoms with Crippen molar-refractivity contribution in [1.29, 1.82) is 0 Å². The standard InChI is InChI=1S/C26H47NO4Si/c1-7-8-9-10-11-12-16-19-24(28)23(21-31-32(5,6)26(2,3)4)27-25(29)30-20-22-17-14-13-15-18-22/h13-15,17-18,23-24,28H,7-12,16,19-21H2,1-6H3,(H,27,29)/t23-,24+/m1/s1. The van der Waals surface area contributed by atoms with Gasteiger partial charge in [-0.2, -0.15) is 0 Å². The third kappa shape index (κ3) is 11.5. The zero-order valence-corrected chi connectivity index (χ0v) is 22.3. The summed E-state index contributed by atoms with van der Waals surface area (Å²) < 4.78 is 11.7. The van der Waals surface area contributed by atoms with E-state index in [9.17, 15) is 9.90 Å². The molecule has 0 aliphatic rings. The second-order valence-electron chi connectivity index (χ2n) is 10.4. The summed E-state index contributed by atoms with van der Waals surface area (Å²) in [6.45, 7) is 13.6. The van der Waals surface area contributed by atoms with Crippen molar-refractivity contribution in [2.75, 3.05) is 6.61 Å². The van der Waals surface area contributed by atoms with Crippen LogP contribution in [0.5, 0.6) is 0 Å². The molecule has 2 N–H and O–H groups in total. The minimum Gasteiger partial charge on any atom is -0.445 e. The van der Waals surface area contributed by atoms with Crippen LogP contribution in [0.15, 0.2) is 30.3 Å². The van der Waals surface area contributed by atoms with E-state index in [4.69, 9.17) is 9.16 Å². The first-order valence-electron chi connectivity index (χ1n) is 12.4. The summed E-state index contributed by atoms with van der Waals surface area (Å²) >= 11 is 0. The number of ether oxygens (including phenoxy) is 1. The number of nitrogens with one attached hydrogen (secondary N) is 1. The number of benzene rings is 1. The molecule has 0 aromatic heterocycles. The lowest BCUT2D eigenvalue weighted by Crippen LogP contribution is -2.50. The van der Waals surface area contributed by atoms with Crippen molar-refractivity contribution in [2.45, 2.75) is 116 Å². The van der Waals surface area contributed by atoms with Gasteiger partial charge in [-0.15, -0.1) is 0 Å². The number of rotatable bonds is 15. The van der Waals surface area contributed by atoms with Crippen molar-refractivity contribution < 1.29 is 19.1 Å². The normalized spacial score (nSPS) is 14.1. The smallest absolute Gasteiger partial charge is 0.407 e. The zero-order chi connectivity index (χ0) is 24.0. The van der Waals surface area contributed by atoms with Gasteiger partial charge in [-0.25, -0.2) is 4.79 Å². The molecule has 2 atom stereocenters. The number of hydrogen-bond donors (Lipinski definition) is 2. The fourth-order valence-electron chi connectivity index (χ4n) is 3.19. The van der Waals surface area contributed by atoms with Gasteiger partial charge in [0.15, 0.2) is 8.32 Å². The van der Waals surface area contributed by atoms with Gasteiger partial charge >= 0.3 is 6.09 Å². The summed E-state index contributed by atoms with van der Waals surface area (Å²) in [7, 11) is -2.00. The van der Waals surface area contributed by atoms with E-state index in [1.54, 1.807) is 0 Å². The molecular weight excluding hydrogens is 418 g/mol. The average molecular weight is 466 g/mol. The molecule has 0 bridgehead atoms. The summed E-state index contributed by atoms with van der Waals surface area (Å²) in [6, 6.07) is 9.11. The molecule has 0 saturated heterocycles. The van der Waals surface area contributed by atoms with Gasteiger partial charge in [-0.05, 0) is 30.1 Å². The highest BCUT2D eigenvalue weighted by Gasteiger charge is 2.38. The van der Waals surface area contributed by atoms with Crippen molar-refractivity contribution in [3.05, 3.63) is 35.9 Å². The number of unbranched alkanes of at least 4 members (excludes halogenated alkanes) is 6. The lowest BCUT2D eigenvalue weighted by Gasteiger charge is -2.38. The van der Waals surface area contributed by atoms with Crippen molar-refractivity contribution in [3.8, 4) is 0 Å². The molecule has 1 aromatic rings. The van der Waals surface area contributed by atoms with Crippen LogP contribution in [-0.2, 0) is 15.8 Å². The molecule has 0 spiro atoms. The van der Waals surface area contributed by atoms with E-state index in [1.807, 2.05) is 30.3 Å². The van der Waals surface area contributed by atoms with Crippen molar-refractivity contribution in [1.82, 2.24) is 5.32 Å². The van der Waals surface area contributed by atoms with E-state index < -0.39 is 26.6 Å². The summed E-state index contributed by atoms with van der Waals surface area (Å²) in [6.07, 6.45) is 7.83. The van der Waals surface area contributed by atoms with Crippen LogP contribution in [0.4, 0.5) is 4.79 Å². The van der Waals surface area contributed by atoms with Crippen LogP contribution in [0.1, 0.15) is 84.6 Å². The molecule has 0 aliphatic carbocycles. The Kier molecular flexibility index (Phi) is 13.2. The Labute approximate surface area is 197 Å². The monoisotopic (exact) mass is 465 g/mol. The molecule has 0 radical (unpaired) electrons. The van der Waals surface area contributed by atoms with Gasteiger partial charge in [-0.1, -0.05) is 103 Å². The molecule has 0 aliphatic heterocycles. The van der Waals surface area contributed by atoms with Crippen LogP contribution < -0.4 is 5.32 Å². The number of aliphatic hydroxyl groups is 1.